The number of carbonyl (C=O) groups excluding carboxylic acids is 1. The molecule has 0 spiro atoms. The highest BCUT2D eigenvalue weighted by Crippen LogP contribution is 2.23. The van der Waals surface area contributed by atoms with E-state index in [1.54, 1.807) is 23.1 Å². The maximum absolute atomic E-state index is 11.9. The zero-order chi connectivity index (χ0) is 16.9. The van der Waals surface area contributed by atoms with Gasteiger partial charge in [-0.15, -0.1) is 11.3 Å². The fraction of sp³-hybridized carbons (Fsp3) is 0.235. The molecule has 0 radical (unpaired) electrons. The minimum absolute atomic E-state index is 0.239. The number of amides is 2. The molecule has 24 heavy (non-hydrogen) atoms. The molecule has 2 aromatic heterocycles. The quantitative estimate of drug-likeness (QED) is 0.748. The van der Waals surface area contributed by atoms with Crippen LogP contribution < -0.4 is 10.6 Å². The van der Waals surface area contributed by atoms with E-state index in [0.29, 0.717) is 18.8 Å². The second kappa shape index (κ2) is 7.27. The first-order valence-corrected chi connectivity index (χ1v) is 8.55. The molecule has 7 heteroatoms. The normalized spacial score (nSPS) is 10.6. The predicted molar refractivity (Wildman–Crippen MR) is 96.2 cm³/mol. The fourth-order valence-corrected chi connectivity index (χ4v) is 3.19. The van der Waals surface area contributed by atoms with Crippen molar-refractivity contribution in [2.75, 3.05) is 11.9 Å². The highest BCUT2D eigenvalue weighted by molar-refractivity contribution is 7.13. The number of benzene rings is 1. The number of urea groups is 1. The Morgan fingerprint density at radius 3 is 2.79 bits per heavy atom. The summed E-state index contributed by atoms with van der Waals surface area (Å²) in [4.78, 5) is 16.5. The molecule has 1 aromatic carbocycles. The predicted octanol–water partition coefficient (Wildman–Crippen LogP) is 3.22. The Balaban J connectivity index is 1.49. The molecular weight excluding hydrogens is 322 g/mol. The molecule has 3 rings (SSSR count). The highest BCUT2D eigenvalue weighted by Gasteiger charge is 2.08. The SMILES string of the molecule is Cc1cc(NC(=O)NCCc2csc(-c3ccccc3)n2)n(C)n1. The van der Waals surface area contributed by atoms with Gasteiger partial charge in [0.2, 0.25) is 0 Å². The van der Waals surface area contributed by atoms with Gasteiger partial charge in [-0.2, -0.15) is 5.10 Å². The molecule has 0 saturated carbocycles. The van der Waals surface area contributed by atoms with Crippen LogP contribution in [0.3, 0.4) is 0 Å². The van der Waals surface area contributed by atoms with Crippen molar-refractivity contribution in [3.8, 4) is 10.6 Å². The largest absolute Gasteiger partial charge is 0.337 e. The zero-order valence-electron chi connectivity index (χ0n) is 13.6. The van der Waals surface area contributed by atoms with Gasteiger partial charge in [-0.25, -0.2) is 9.78 Å². The molecule has 0 atom stereocenters. The van der Waals surface area contributed by atoms with E-state index in [9.17, 15) is 4.79 Å². The first-order valence-electron chi connectivity index (χ1n) is 7.67. The molecule has 0 aliphatic carbocycles. The summed E-state index contributed by atoms with van der Waals surface area (Å²) in [6.07, 6.45) is 0.696. The second-order valence-corrected chi connectivity index (χ2v) is 6.29. The van der Waals surface area contributed by atoms with Crippen molar-refractivity contribution in [2.45, 2.75) is 13.3 Å². The van der Waals surface area contributed by atoms with Crippen LogP contribution in [0.1, 0.15) is 11.4 Å². The van der Waals surface area contributed by atoms with Gasteiger partial charge in [0.25, 0.3) is 0 Å². The summed E-state index contributed by atoms with van der Waals surface area (Å²) in [5.41, 5.74) is 2.96. The molecule has 0 aliphatic rings. The van der Waals surface area contributed by atoms with E-state index in [2.05, 4.69) is 20.7 Å². The van der Waals surface area contributed by atoms with Gasteiger partial charge >= 0.3 is 6.03 Å². The lowest BCUT2D eigenvalue weighted by molar-refractivity contribution is 0.252. The summed E-state index contributed by atoms with van der Waals surface area (Å²) in [6, 6.07) is 11.7. The van der Waals surface area contributed by atoms with Crippen molar-refractivity contribution in [1.29, 1.82) is 0 Å². The van der Waals surface area contributed by atoms with Crippen LogP contribution in [0.4, 0.5) is 10.6 Å². The highest BCUT2D eigenvalue weighted by atomic mass is 32.1. The van der Waals surface area contributed by atoms with Gasteiger partial charge in [0.15, 0.2) is 0 Å². The lowest BCUT2D eigenvalue weighted by atomic mass is 10.2. The van der Waals surface area contributed by atoms with Gasteiger partial charge in [-0.1, -0.05) is 30.3 Å². The van der Waals surface area contributed by atoms with Crippen molar-refractivity contribution >= 4 is 23.2 Å². The van der Waals surface area contributed by atoms with E-state index >= 15 is 0 Å². The lowest BCUT2D eigenvalue weighted by Gasteiger charge is -2.06. The molecule has 0 bridgehead atoms. The van der Waals surface area contributed by atoms with Crippen molar-refractivity contribution in [3.05, 3.63) is 53.2 Å². The van der Waals surface area contributed by atoms with Crippen molar-refractivity contribution in [2.24, 2.45) is 7.05 Å². The number of aryl methyl sites for hydroxylation is 2. The minimum atomic E-state index is -0.239. The number of aromatic nitrogens is 3. The Bertz CT molecular complexity index is 825. The molecule has 2 N–H and O–H groups in total. The summed E-state index contributed by atoms with van der Waals surface area (Å²) < 4.78 is 1.64. The summed E-state index contributed by atoms with van der Waals surface area (Å²) in [7, 11) is 1.79. The van der Waals surface area contributed by atoms with E-state index in [-0.39, 0.29) is 6.03 Å². The Hall–Kier alpha value is -2.67. The minimum Gasteiger partial charge on any atom is -0.337 e. The number of hydrogen-bond donors (Lipinski definition) is 2. The lowest BCUT2D eigenvalue weighted by Crippen LogP contribution is -2.31. The van der Waals surface area contributed by atoms with Crippen LogP contribution in [0.25, 0.3) is 10.6 Å². The van der Waals surface area contributed by atoms with Crippen molar-refractivity contribution < 1.29 is 4.79 Å². The third-order valence-corrected chi connectivity index (χ3v) is 4.42. The molecule has 2 heterocycles. The summed E-state index contributed by atoms with van der Waals surface area (Å²) in [5.74, 6) is 0.671. The number of hydrogen-bond acceptors (Lipinski definition) is 4. The molecule has 0 aliphatic heterocycles. The summed E-state index contributed by atoms with van der Waals surface area (Å²) >= 11 is 1.62. The van der Waals surface area contributed by atoms with E-state index in [1.807, 2.05) is 48.7 Å². The molecule has 0 saturated heterocycles. The average molecular weight is 341 g/mol. The monoisotopic (exact) mass is 341 g/mol. The average Bonchev–Trinajstić information content (AvgIpc) is 3.15. The maximum Gasteiger partial charge on any atom is 0.320 e. The fourth-order valence-electron chi connectivity index (χ4n) is 2.33. The Morgan fingerprint density at radius 2 is 2.08 bits per heavy atom. The van der Waals surface area contributed by atoms with Crippen LogP contribution in [0.15, 0.2) is 41.8 Å². The van der Waals surface area contributed by atoms with Crippen LogP contribution in [-0.2, 0) is 13.5 Å². The Labute approximate surface area is 144 Å². The van der Waals surface area contributed by atoms with E-state index in [0.717, 1.165) is 22.0 Å². The molecule has 2 amide bonds. The number of carbonyl (C=O) groups is 1. The first kappa shape index (κ1) is 16.2. The summed E-state index contributed by atoms with van der Waals surface area (Å²) in [6.45, 7) is 2.41. The van der Waals surface area contributed by atoms with Gasteiger partial charge in [0.05, 0.1) is 11.4 Å². The van der Waals surface area contributed by atoms with E-state index in [1.165, 1.54) is 0 Å². The van der Waals surface area contributed by atoms with Crippen LogP contribution in [0.5, 0.6) is 0 Å². The molecular formula is C17H19N5OS. The van der Waals surface area contributed by atoms with Gasteiger partial charge < -0.3 is 5.32 Å². The standard InChI is InChI=1S/C17H19N5OS/c1-12-10-15(22(2)21-12)20-17(23)18-9-8-14-11-24-16(19-14)13-6-4-3-5-7-13/h3-7,10-11H,8-9H2,1-2H3,(H2,18,20,23). The Kier molecular flexibility index (Phi) is 4.90. The maximum atomic E-state index is 11.9. The topological polar surface area (TPSA) is 71.8 Å². The molecule has 0 fully saturated rings. The Morgan fingerprint density at radius 1 is 1.29 bits per heavy atom. The van der Waals surface area contributed by atoms with Crippen LogP contribution in [-0.4, -0.2) is 27.3 Å². The van der Waals surface area contributed by atoms with Gasteiger partial charge in [-0.3, -0.25) is 10.00 Å². The third kappa shape index (κ3) is 3.99. The number of thiazole rings is 1. The number of nitrogens with one attached hydrogen (secondary N) is 2. The third-order valence-electron chi connectivity index (χ3n) is 3.48. The first-order chi connectivity index (χ1) is 11.6. The number of rotatable bonds is 5. The zero-order valence-corrected chi connectivity index (χ0v) is 14.4. The van der Waals surface area contributed by atoms with E-state index in [4.69, 9.17) is 0 Å². The molecule has 0 unspecified atom stereocenters. The smallest absolute Gasteiger partial charge is 0.320 e. The van der Waals surface area contributed by atoms with Crippen LogP contribution in [0, 0.1) is 6.92 Å². The van der Waals surface area contributed by atoms with Crippen molar-refractivity contribution in [1.82, 2.24) is 20.1 Å². The number of anilines is 1. The van der Waals surface area contributed by atoms with Gasteiger partial charge in [-0.05, 0) is 6.92 Å². The molecule has 124 valence electrons. The van der Waals surface area contributed by atoms with E-state index < -0.39 is 0 Å². The number of nitrogens with zero attached hydrogens (tertiary/aromatic N) is 3. The van der Waals surface area contributed by atoms with Gasteiger partial charge in [0.1, 0.15) is 10.8 Å². The molecule has 6 nitrogen and oxygen atoms in total. The second-order valence-electron chi connectivity index (χ2n) is 5.44. The molecule has 3 aromatic rings. The van der Waals surface area contributed by atoms with Crippen LogP contribution >= 0.6 is 11.3 Å². The summed E-state index contributed by atoms with van der Waals surface area (Å²) in [5, 5.41) is 12.8. The van der Waals surface area contributed by atoms with Crippen molar-refractivity contribution in [3.63, 3.8) is 0 Å². The van der Waals surface area contributed by atoms with Gasteiger partial charge in [0, 0.05) is 37.0 Å². The van der Waals surface area contributed by atoms with Crippen LogP contribution in [0.2, 0.25) is 0 Å².